The zero-order valence-corrected chi connectivity index (χ0v) is 11.4. The number of benzene rings is 1. The van der Waals surface area contributed by atoms with E-state index in [1.807, 2.05) is 6.92 Å². The van der Waals surface area contributed by atoms with Crippen LogP contribution >= 0.6 is 0 Å². The molecule has 0 bridgehead atoms. The summed E-state index contributed by atoms with van der Waals surface area (Å²) in [6, 6.07) is 6.57. The van der Waals surface area contributed by atoms with Crippen molar-refractivity contribution >= 4 is 16.5 Å². The van der Waals surface area contributed by atoms with E-state index in [2.05, 4.69) is 9.18 Å². The third-order valence-corrected chi connectivity index (χ3v) is 3.51. The highest BCUT2D eigenvalue weighted by Crippen LogP contribution is 2.12. The molecule has 1 heterocycles. The van der Waals surface area contributed by atoms with Gasteiger partial charge in [-0.2, -0.15) is 8.42 Å². The van der Waals surface area contributed by atoms with Crippen LogP contribution in [0.2, 0.25) is 0 Å². The van der Waals surface area contributed by atoms with Gasteiger partial charge in [-0.05, 0) is 26.0 Å². The van der Waals surface area contributed by atoms with E-state index >= 15 is 0 Å². The number of ether oxygens (including phenoxy) is 1. The third-order valence-electron chi connectivity index (χ3n) is 2.11. The van der Waals surface area contributed by atoms with Gasteiger partial charge in [-0.15, -0.1) is 0 Å². The lowest BCUT2D eigenvalue weighted by Crippen LogP contribution is -2.65. The Morgan fingerprint density at radius 3 is 2.39 bits per heavy atom. The summed E-state index contributed by atoms with van der Waals surface area (Å²) >= 11 is 0. The van der Waals surface area contributed by atoms with Crippen molar-refractivity contribution in [2.75, 3.05) is 19.8 Å². The lowest BCUT2D eigenvalue weighted by molar-refractivity contribution is -0.439. The lowest BCUT2D eigenvalue weighted by atomic mass is 10.2. The minimum Gasteiger partial charge on any atom is -0.444 e. The molecule has 0 unspecified atom stereocenters. The quantitative estimate of drug-likeness (QED) is 0.777. The van der Waals surface area contributed by atoms with Crippen LogP contribution in [0, 0.1) is 6.92 Å². The molecule has 1 N–H and O–H groups in total. The van der Waals surface area contributed by atoms with Crippen molar-refractivity contribution in [3.05, 3.63) is 29.8 Å². The van der Waals surface area contributed by atoms with E-state index in [9.17, 15) is 8.42 Å². The first-order chi connectivity index (χ1) is 8.56. The zero-order chi connectivity index (χ0) is 13.4. The lowest BCUT2D eigenvalue weighted by Gasteiger charge is -2.02. The standard InChI is InChI=1S/C9H12O3S.C3H5NO/c1-3-12-13(10,11)9-6-4-8(2)5-7-9;1-2-5-3-4-1/h4-7H,3H2,1-2H3;3H,1-2H2/p+1. The van der Waals surface area contributed by atoms with E-state index in [0.717, 1.165) is 18.7 Å². The molecule has 0 saturated heterocycles. The van der Waals surface area contributed by atoms with Crippen LogP contribution in [0.3, 0.4) is 0 Å². The molecule has 0 atom stereocenters. The highest BCUT2D eigenvalue weighted by atomic mass is 32.2. The van der Waals surface area contributed by atoms with Crippen LogP contribution in [0.4, 0.5) is 0 Å². The van der Waals surface area contributed by atoms with Gasteiger partial charge in [0.15, 0.2) is 13.2 Å². The summed E-state index contributed by atoms with van der Waals surface area (Å²) in [7, 11) is -3.53. The minimum absolute atomic E-state index is 0.163. The fraction of sp³-hybridized carbons (Fsp3) is 0.417. The molecule has 0 amide bonds. The molecule has 1 aliphatic rings. The van der Waals surface area contributed by atoms with E-state index in [-0.39, 0.29) is 11.5 Å². The second-order valence-electron chi connectivity index (χ2n) is 3.62. The van der Waals surface area contributed by atoms with Crippen molar-refractivity contribution < 1.29 is 22.3 Å². The average Bonchev–Trinajstić information content (AvgIpc) is 2.88. The molecule has 0 aromatic heterocycles. The van der Waals surface area contributed by atoms with Crippen molar-refractivity contribution in [3.63, 3.8) is 0 Å². The maximum Gasteiger partial charge on any atom is 0.322 e. The molecule has 2 rings (SSSR count). The zero-order valence-electron chi connectivity index (χ0n) is 10.5. The summed E-state index contributed by atoms with van der Waals surface area (Å²) in [5, 5.41) is 0. The van der Waals surface area contributed by atoms with Crippen LogP contribution in [0.1, 0.15) is 12.5 Å². The predicted molar refractivity (Wildman–Crippen MR) is 67.8 cm³/mol. The van der Waals surface area contributed by atoms with Gasteiger partial charge in [-0.1, -0.05) is 17.7 Å². The largest absolute Gasteiger partial charge is 0.444 e. The summed E-state index contributed by atoms with van der Waals surface area (Å²) in [5.74, 6) is 0. The third kappa shape index (κ3) is 4.85. The van der Waals surface area contributed by atoms with Crippen LogP contribution in [0.5, 0.6) is 0 Å². The topological polar surface area (TPSA) is 66.6 Å². The molecule has 0 radical (unpaired) electrons. The van der Waals surface area contributed by atoms with Gasteiger partial charge in [-0.25, -0.2) is 4.99 Å². The van der Waals surface area contributed by atoms with E-state index in [1.54, 1.807) is 37.6 Å². The molecule has 0 aliphatic carbocycles. The number of hydrogen-bond donors (Lipinski definition) is 1. The Labute approximate surface area is 108 Å². The number of hydrogen-bond acceptors (Lipinski definition) is 4. The van der Waals surface area contributed by atoms with E-state index < -0.39 is 10.1 Å². The first-order valence-electron chi connectivity index (χ1n) is 5.69. The molecule has 100 valence electrons. The Balaban J connectivity index is 0.000000269. The van der Waals surface area contributed by atoms with Crippen molar-refractivity contribution in [1.29, 1.82) is 0 Å². The molecule has 0 fully saturated rings. The van der Waals surface area contributed by atoms with Crippen molar-refractivity contribution in [1.82, 2.24) is 0 Å². The molecule has 1 aromatic carbocycles. The van der Waals surface area contributed by atoms with Gasteiger partial charge in [0.05, 0.1) is 11.5 Å². The van der Waals surface area contributed by atoms with Gasteiger partial charge in [0.2, 0.25) is 0 Å². The maximum atomic E-state index is 11.3. The van der Waals surface area contributed by atoms with Crippen molar-refractivity contribution in [2.45, 2.75) is 18.7 Å². The molecule has 1 aliphatic heterocycles. The molecule has 18 heavy (non-hydrogen) atoms. The SMILES string of the molecule is C1=[NH+]CCO1.CCOS(=O)(=O)c1ccc(C)cc1. The van der Waals surface area contributed by atoms with E-state index in [0.29, 0.717) is 0 Å². The second-order valence-corrected chi connectivity index (χ2v) is 5.23. The van der Waals surface area contributed by atoms with Crippen molar-refractivity contribution in [2.24, 2.45) is 0 Å². The average molecular weight is 272 g/mol. The van der Waals surface area contributed by atoms with E-state index in [4.69, 9.17) is 4.74 Å². The Kier molecular flexibility index (Phi) is 5.80. The summed E-state index contributed by atoms with van der Waals surface area (Å²) < 4.78 is 32.0. The minimum atomic E-state index is -3.53. The van der Waals surface area contributed by atoms with Gasteiger partial charge in [0.1, 0.15) is 0 Å². The maximum absolute atomic E-state index is 11.3. The molecule has 6 heteroatoms. The molecule has 5 nitrogen and oxygen atoms in total. The van der Waals surface area contributed by atoms with Gasteiger partial charge >= 0.3 is 6.40 Å². The number of aryl methyl sites for hydroxylation is 1. The van der Waals surface area contributed by atoms with Gasteiger partial charge in [0, 0.05) is 0 Å². The molecule has 0 saturated carbocycles. The second kappa shape index (κ2) is 7.13. The Bertz CT molecular complexity index is 473. The fourth-order valence-corrected chi connectivity index (χ4v) is 2.14. The van der Waals surface area contributed by atoms with Crippen LogP contribution in [-0.2, 0) is 19.0 Å². The molecular weight excluding hydrogens is 254 g/mol. The van der Waals surface area contributed by atoms with Crippen LogP contribution in [0.25, 0.3) is 0 Å². The summed E-state index contributed by atoms with van der Waals surface area (Å²) in [4.78, 5) is 3.08. The Morgan fingerprint density at radius 1 is 1.33 bits per heavy atom. The van der Waals surface area contributed by atoms with Gasteiger partial charge in [0.25, 0.3) is 10.1 Å². The van der Waals surface area contributed by atoms with Crippen LogP contribution in [-0.4, -0.2) is 34.6 Å². The predicted octanol–water partition coefficient (Wildman–Crippen LogP) is -0.154. The first-order valence-corrected chi connectivity index (χ1v) is 7.10. The number of rotatable bonds is 3. The van der Waals surface area contributed by atoms with Crippen LogP contribution in [0.15, 0.2) is 29.2 Å². The number of nitrogens with one attached hydrogen (secondary N) is 1. The Morgan fingerprint density at radius 2 is 2.00 bits per heavy atom. The van der Waals surface area contributed by atoms with Gasteiger partial charge < -0.3 is 4.74 Å². The summed E-state index contributed by atoms with van der Waals surface area (Å²) in [5.41, 5.74) is 1.02. The fourth-order valence-electron chi connectivity index (χ4n) is 1.22. The van der Waals surface area contributed by atoms with E-state index in [1.165, 1.54) is 0 Å². The summed E-state index contributed by atoms with van der Waals surface area (Å²) in [6.07, 6.45) is 1.61. The monoisotopic (exact) mass is 272 g/mol. The van der Waals surface area contributed by atoms with Gasteiger partial charge in [-0.3, -0.25) is 4.18 Å². The summed E-state index contributed by atoms with van der Waals surface area (Å²) in [6.45, 7) is 5.51. The normalized spacial score (nSPS) is 13.7. The molecular formula is C12H18NO4S+. The molecule has 1 aromatic rings. The first kappa shape index (κ1) is 14.7. The highest BCUT2D eigenvalue weighted by Gasteiger charge is 2.12. The Hall–Kier alpha value is -1.40. The van der Waals surface area contributed by atoms with Crippen LogP contribution < -0.4 is 4.99 Å². The molecule has 0 spiro atoms. The smallest absolute Gasteiger partial charge is 0.322 e. The van der Waals surface area contributed by atoms with Crippen molar-refractivity contribution in [3.8, 4) is 0 Å². The highest BCUT2D eigenvalue weighted by molar-refractivity contribution is 7.86.